The van der Waals surface area contributed by atoms with Crippen molar-refractivity contribution in [1.82, 2.24) is 4.98 Å². The maximum atomic E-state index is 6.38. The molecule has 96 valence electrons. The first kappa shape index (κ1) is 12.4. The zero-order valence-corrected chi connectivity index (χ0v) is 12.2. The molecule has 1 aliphatic rings. The van der Waals surface area contributed by atoms with E-state index in [2.05, 4.69) is 18.8 Å². The average molecular weight is 282 g/mol. The van der Waals surface area contributed by atoms with Crippen molar-refractivity contribution in [3.63, 3.8) is 0 Å². The Morgan fingerprint density at radius 1 is 1.28 bits per heavy atom. The SMILES string of the molecule is CC(C)C1CCc2[nH]c3ccc(Cl)c(Cl)c3c2C1. The van der Waals surface area contributed by atoms with Gasteiger partial charge in [-0.2, -0.15) is 0 Å². The van der Waals surface area contributed by atoms with Crippen LogP contribution in [-0.2, 0) is 12.8 Å². The highest BCUT2D eigenvalue weighted by Crippen LogP contribution is 2.39. The second-order valence-electron chi connectivity index (χ2n) is 5.61. The first-order valence-electron chi connectivity index (χ1n) is 6.55. The smallest absolute Gasteiger partial charge is 0.0688 e. The zero-order chi connectivity index (χ0) is 12.9. The van der Waals surface area contributed by atoms with Crippen molar-refractivity contribution in [2.24, 2.45) is 11.8 Å². The van der Waals surface area contributed by atoms with Crippen molar-refractivity contribution in [3.05, 3.63) is 33.4 Å². The molecule has 2 aromatic rings. The van der Waals surface area contributed by atoms with Crippen LogP contribution < -0.4 is 0 Å². The molecule has 0 saturated heterocycles. The number of aromatic nitrogens is 1. The van der Waals surface area contributed by atoms with E-state index in [0.717, 1.165) is 35.6 Å². The predicted octanol–water partition coefficient (Wildman–Crippen LogP) is 5.24. The quantitative estimate of drug-likeness (QED) is 0.736. The fourth-order valence-corrected chi connectivity index (χ4v) is 3.48. The fourth-order valence-electron chi connectivity index (χ4n) is 3.04. The molecule has 0 saturated carbocycles. The minimum absolute atomic E-state index is 0.651. The number of aryl methyl sites for hydroxylation is 1. The predicted molar refractivity (Wildman–Crippen MR) is 78.7 cm³/mol. The molecule has 1 unspecified atom stereocenters. The third-order valence-electron chi connectivity index (χ3n) is 4.22. The fraction of sp³-hybridized carbons (Fsp3) is 0.467. The summed E-state index contributed by atoms with van der Waals surface area (Å²) in [4.78, 5) is 3.50. The molecular weight excluding hydrogens is 265 g/mol. The van der Waals surface area contributed by atoms with Gasteiger partial charge in [-0.25, -0.2) is 0 Å². The number of hydrogen-bond donors (Lipinski definition) is 1. The molecule has 0 aliphatic heterocycles. The number of benzene rings is 1. The monoisotopic (exact) mass is 281 g/mol. The molecule has 0 bridgehead atoms. The molecule has 0 spiro atoms. The molecule has 0 radical (unpaired) electrons. The average Bonchev–Trinajstić information content (AvgIpc) is 2.71. The van der Waals surface area contributed by atoms with Crippen molar-refractivity contribution in [2.45, 2.75) is 33.1 Å². The van der Waals surface area contributed by atoms with Crippen LogP contribution in [0.4, 0.5) is 0 Å². The summed E-state index contributed by atoms with van der Waals surface area (Å²) in [6.07, 6.45) is 3.51. The maximum absolute atomic E-state index is 6.38. The number of H-pyrrole nitrogens is 1. The van der Waals surface area contributed by atoms with E-state index < -0.39 is 0 Å². The van der Waals surface area contributed by atoms with Crippen LogP contribution in [0.1, 0.15) is 31.5 Å². The molecule has 1 aromatic carbocycles. The van der Waals surface area contributed by atoms with Crippen molar-refractivity contribution < 1.29 is 0 Å². The standard InChI is InChI=1S/C15H17Cl2N/c1-8(2)9-3-5-12-10(7-9)14-13(18-12)6-4-11(16)15(14)17/h4,6,8-9,18H,3,5,7H2,1-2H3. The van der Waals surface area contributed by atoms with Crippen molar-refractivity contribution in [3.8, 4) is 0 Å². The zero-order valence-electron chi connectivity index (χ0n) is 10.7. The first-order chi connectivity index (χ1) is 8.58. The Labute approximate surface area is 117 Å². The topological polar surface area (TPSA) is 15.8 Å². The van der Waals surface area contributed by atoms with Crippen LogP contribution in [0.3, 0.4) is 0 Å². The van der Waals surface area contributed by atoms with Gasteiger partial charge in [0.1, 0.15) is 0 Å². The highest BCUT2D eigenvalue weighted by atomic mass is 35.5. The number of halogens is 2. The van der Waals surface area contributed by atoms with Gasteiger partial charge in [0, 0.05) is 16.6 Å². The Balaban J connectivity index is 2.17. The molecule has 0 fully saturated rings. The molecule has 1 aliphatic carbocycles. The molecule has 1 atom stereocenters. The Bertz CT molecular complexity index is 598. The lowest BCUT2D eigenvalue weighted by molar-refractivity contribution is 0.342. The van der Waals surface area contributed by atoms with E-state index >= 15 is 0 Å². The Morgan fingerprint density at radius 3 is 2.78 bits per heavy atom. The summed E-state index contributed by atoms with van der Waals surface area (Å²) in [6, 6.07) is 3.90. The van der Waals surface area contributed by atoms with E-state index in [4.69, 9.17) is 23.2 Å². The second-order valence-corrected chi connectivity index (χ2v) is 6.40. The van der Waals surface area contributed by atoms with Crippen LogP contribution in [0, 0.1) is 11.8 Å². The van der Waals surface area contributed by atoms with E-state index in [1.165, 1.54) is 17.7 Å². The molecule has 1 nitrogen and oxygen atoms in total. The minimum atomic E-state index is 0.651. The van der Waals surface area contributed by atoms with Gasteiger partial charge in [0.15, 0.2) is 0 Å². The van der Waals surface area contributed by atoms with Gasteiger partial charge in [-0.05, 0) is 48.8 Å². The molecular formula is C15H17Cl2N. The molecule has 1 N–H and O–H groups in total. The minimum Gasteiger partial charge on any atom is -0.358 e. The van der Waals surface area contributed by atoms with Crippen molar-refractivity contribution in [1.29, 1.82) is 0 Å². The normalized spacial score (nSPS) is 19.5. The second kappa shape index (κ2) is 4.47. The highest BCUT2D eigenvalue weighted by molar-refractivity contribution is 6.45. The van der Waals surface area contributed by atoms with Gasteiger partial charge < -0.3 is 4.98 Å². The van der Waals surface area contributed by atoms with Crippen molar-refractivity contribution >= 4 is 34.1 Å². The third kappa shape index (κ3) is 1.85. The summed E-state index contributed by atoms with van der Waals surface area (Å²) in [5, 5.41) is 2.50. The summed E-state index contributed by atoms with van der Waals surface area (Å²) in [5.41, 5.74) is 3.87. The number of nitrogens with one attached hydrogen (secondary N) is 1. The Morgan fingerprint density at radius 2 is 2.06 bits per heavy atom. The summed E-state index contributed by atoms with van der Waals surface area (Å²) in [6.45, 7) is 4.61. The molecule has 3 heteroatoms. The first-order valence-corrected chi connectivity index (χ1v) is 7.31. The summed E-state index contributed by atoms with van der Waals surface area (Å²) >= 11 is 12.5. The van der Waals surface area contributed by atoms with Gasteiger partial charge >= 0.3 is 0 Å². The van der Waals surface area contributed by atoms with Crippen LogP contribution in [0.2, 0.25) is 10.0 Å². The lowest BCUT2D eigenvalue weighted by Crippen LogP contribution is -2.18. The largest absolute Gasteiger partial charge is 0.358 e. The molecule has 0 amide bonds. The van der Waals surface area contributed by atoms with Gasteiger partial charge in [-0.15, -0.1) is 0 Å². The van der Waals surface area contributed by atoms with Gasteiger partial charge in [0.25, 0.3) is 0 Å². The van der Waals surface area contributed by atoms with Gasteiger partial charge in [-0.3, -0.25) is 0 Å². The van der Waals surface area contributed by atoms with E-state index in [1.807, 2.05) is 12.1 Å². The molecule has 1 heterocycles. The van der Waals surface area contributed by atoms with Crippen LogP contribution in [-0.4, -0.2) is 4.98 Å². The number of rotatable bonds is 1. The Hall–Kier alpha value is -0.660. The van der Waals surface area contributed by atoms with Gasteiger partial charge in [-0.1, -0.05) is 37.0 Å². The van der Waals surface area contributed by atoms with Crippen LogP contribution in [0.5, 0.6) is 0 Å². The summed E-state index contributed by atoms with van der Waals surface area (Å²) in [5.74, 6) is 1.48. The van der Waals surface area contributed by atoms with E-state index in [1.54, 1.807) is 0 Å². The summed E-state index contributed by atoms with van der Waals surface area (Å²) < 4.78 is 0. The number of aromatic amines is 1. The molecule has 18 heavy (non-hydrogen) atoms. The van der Waals surface area contributed by atoms with Crippen LogP contribution in [0.25, 0.3) is 10.9 Å². The van der Waals surface area contributed by atoms with E-state index in [-0.39, 0.29) is 0 Å². The van der Waals surface area contributed by atoms with Crippen LogP contribution in [0.15, 0.2) is 12.1 Å². The highest BCUT2D eigenvalue weighted by Gasteiger charge is 2.25. The lowest BCUT2D eigenvalue weighted by Gasteiger charge is -2.25. The van der Waals surface area contributed by atoms with Crippen LogP contribution >= 0.6 is 23.2 Å². The molecule has 3 rings (SSSR count). The third-order valence-corrected chi connectivity index (χ3v) is 5.02. The number of fused-ring (bicyclic) bond motifs is 3. The van der Waals surface area contributed by atoms with E-state index in [0.29, 0.717) is 10.0 Å². The molecule has 1 aromatic heterocycles. The number of hydrogen-bond acceptors (Lipinski definition) is 0. The maximum Gasteiger partial charge on any atom is 0.0688 e. The lowest BCUT2D eigenvalue weighted by atomic mass is 9.80. The van der Waals surface area contributed by atoms with Crippen molar-refractivity contribution in [2.75, 3.05) is 0 Å². The summed E-state index contributed by atoms with van der Waals surface area (Å²) in [7, 11) is 0. The van der Waals surface area contributed by atoms with Gasteiger partial charge in [0.05, 0.1) is 10.0 Å². The van der Waals surface area contributed by atoms with E-state index in [9.17, 15) is 0 Å². The van der Waals surface area contributed by atoms with Gasteiger partial charge in [0.2, 0.25) is 0 Å². The Kier molecular flexibility index (Phi) is 3.07.